The molecule has 0 spiro atoms. The van der Waals surface area contributed by atoms with Crippen molar-refractivity contribution in [3.05, 3.63) is 71.8 Å². The predicted molar refractivity (Wildman–Crippen MR) is 115 cm³/mol. The molecule has 0 saturated heterocycles. The van der Waals surface area contributed by atoms with Crippen LogP contribution < -0.4 is 15.4 Å². The molecule has 152 valence electrons. The second-order valence-electron chi connectivity index (χ2n) is 7.19. The molecule has 0 aromatic heterocycles. The Morgan fingerprint density at radius 3 is 2.66 bits per heavy atom. The maximum absolute atomic E-state index is 12.8. The van der Waals surface area contributed by atoms with E-state index in [2.05, 4.69) is 29.3 Å². The lowest BCUT2D eigenvalue weighted by atomic mass is 9.92. The van der Waals surface area contributed by atoms with Crippen molar-refractivity contribution < 1.29 is 14.3 Å². The highest BCUT2D eigenvalue weighted by atomic mass is 16.5. The summed E-state index contributed by atoms with van der Waals surface area (Å²) in [5, 5.41) is 5.59. The van der Waals surface area contributed by atoms with Crippen LogP contribution >= 0.6 is 0 Å². The van der Waals surface area contributed by atoms with E-state index < -0.39 is 6.10 Å². The molecule has 3 rings (SSSR count). The summed E-state index contributed by atoms with van der Waals surface area (Å²) in [4.78, 5) is 25.2. The second-order valence-corrected chi connectivity index (χ2v) is 7.19. The number of hydrogen-bond donors (Lipinski definition) is 2. The smallest absolute Gasteiger partial charge is 0.265 e. The van der Waals surface area contributed by atoms with Gasteiger partial charge in [-0.3, -0.25) is 9.59 Å². The third-order valence-corrected chi connectivity index (χ3v) is 5.10. The van der Waals surface area contributed by atoms with Gasteiger partial charge in [-0.05, 0) is 67.5 Å². The van der Waals surface area contributed by atoms with Crippen LogP contribution in [0.15, 0.2) is 55.1 Å². The van der Waals surface area contributed by atoms with Gasteiger partial charge in [0.25, 0.3) is 11.8 Å². The zero-order valence-corrected chi connectivity index (χ0v) is 16.9. The van der Waals surface area contributed by atoms with Crippen LogP contribution in [-0.2, 0) is 17.6 Å². The van der Waals surface area contributed by atoms with E-state index in [-0.39, 0.29) is 11.8 Å². The molecule has 5 nitrogen and oxygen atoms in total. The summed E-state index contributed by atoms with van der Waals surface area (Å²) in [7, 11) is 0. The van der Waals surface area contributed by atoms with Crippen molar-refractivity contribution in [3.8, 4) is 5.75 Å². The van der Waals surface area contributed by atoms with Crippen molar-refractivity contribution >= 4 is 17.5 Å². The molecule has 2 aromatic carbocycles. The molecule has 0 heterocycles. The van der Waals surface area contributed by atoms with Crippen molar-refractivity contribution in [1.29, 1.82) is 0 Å². The lowest BCUT2D eigenvalue weighted by molar-refractivity contribution is -0.122. The van der Waals surface area contributed by atoms with Crippen LogP contribution in [0, 0.1) is 0 Å². The summed E-state index contributed by atoms with van der Waals surface area (Å²) < 4.78 is 6.00. The first kappa shape index (κ1) is 20.6. The molecule has 0 saturated carbocycles. The normalized spacial score (nSPS) is 13.7. The number of carbonyl (C=O) groups is 2. The van der Waals surface area contributed by atoms with Crippen LogP contribution in [0.1, 0.15) is 47.7 Å². The van der Waals surface area contributed by atoms with Gasteiger partial charge in [-0.15, -0.1) is 6.58 Å². The minimum Gasteiger partial charge on any atom is -0.481 e. The Morgan fingerprint density at radius 1 is 1.14 bits per heavy atom. The van der Waals surface area contributed by atoms with Gasteiger partial charge in [0.2, 0.25) is 0 Å². The lowest BCUT2D eigenvalue weighted by Crippen LogP contribution is -2.33. The van der Waals surface area contributed by atoms with Gasteiger partial charge in [0.1, 0.15) is 5.75 Å². The van der Waals surface area contributed by atoms with Crippen molar-refractivity contribution in [3.63, 3.8) is 0 Å². The fourth-order valence-corrected chi connectivity index (χ4v) is 3.53. The van der Waals surface area contributed by atoms with Crippen LogP contribution in [0.2, 0.25) is 0 Å². The predicted octanol–water partition coefficient (Wildman–Crippen LogP) is 4.28. The Labute approximate surface area is 172 Å². The molecule has 0 bridgehead atoms. The molecule has 2 N–H and O–H groups in total. The van der Waals surface area contributed by atoms with Crippen LogP contribution in [0.5, 0.6) is 5.75 Å². The van der Waals surface area contributed by atoms with E-state index in [0.717, 1.165) is 12.8 Å². The van der Waals surface area contributed by atoms with Crippen LogP contribution in [0.3, 0.4) is 0 Å². The highest BCUT2D eigenvalue weighted by Gasteiger charge is 2.21. The van der Waals surface area contributed by atoms with Gasteiger partial charge < -0.3 is 15.4 Å². The summed E-state index contributed by atoms with van der Waals surface area (Å²) in [5.74, 6) is 0.184. The molecule has 5 heteroatoms. The average Bonchev–Trinajstić information content (AvgIpc) is 2.76. The number of carbonyl (C=O) groups excluding carboxylic acids is 2. The van der Waals surface area contributed by atoms with Gasteiger partial charge in [0, 0.05) is 6.54 Å². The maximum Gasteiger partial charge on any atom is 0.265 e. The minimum absolute atomic E-state index is 0.260. The first-order valence-corrected chi connectivity index (χ1v) is 10.2. The molecule has 1 aliphatic carbocycles. The second kappa shape index (κ2) is 9.92. The maximum atomic E-state index is 12.8. The Hall–Kier alpha value is -3.08. The largest absolute Gasteiger partial charge is 0.481 e. The quantitative estimate of drug-likeness (QED) is 0.659. The number of hydrogen-bond acceptors (Lipinski definition) is 3. The van der Waals surface area contributed by atoms with E-state index >= 15 is 0 Å². The Kier molecular flexibility index (Phi) is 7.06. The summed E-state index contributed by atoms with van der Waals surface area (Å²) in [6.07, 6.45) is 6.08. The zero-order chi connectivity index (χ0) is 20.6. The van der Waals surface area contributed by atoms with Gasteiger partial charge in [-0.25, -0.2) is 0 Å². The summed E-state index contributed by atoms with van der Waals surface area (Å²) in [5.41, 5.74) is 3.56. The molecule has 1 aliphatic rings. The van der Waals surface area contributed by atoms with E-state index in [1.165, 1.54) is 24.0 Å². The van der Waals surface area contributed by atoms with Crippen molar-refractivity contribution in [1.82, 2.24) is 5.32 Å². The number of fused-ring (bicyclic) bond motifs is 1. The van der Waals surface area contributed by atoms with E-state index in [1.54, 1.807) is 30.3 Å². The molecule has 29 heavy (non-hydrogen) atoms. The molecule has 2 aromatic rings. The third-order valence-electron chi connectivity index (χ3n) is 5.10. The Bertz CT molecular complexity index is 891. The van der Waals surface area contributed by atoms with Gasteiger partial charge in [0.05, 0.1) is 11.3 Å². The molecule has 0 aliphatic heterocycles. The molecule has 0 radical (unpaired) electrons. The number of aryl methyl sites for hydroxylation is 2. The molecule has 0 fully saturated rings. The van der Waals surface area contributed by atoms with Gasteiger partial charge >= 0.3 is 0 Å². The van der Waals surface area contributed by atoms with Gasteiger partial charge in [-0.2, -0.15) is 0 Å². The van der Waals surface area contributed by atoms with Gasteiger partial charge in [-0.1, -0.05) is 31.2 Å². The Balaban J connectivity index is 1.71. The van der Waals surface area contributed by atoms with Crippen LogP contribution in [0.25, 0.3) is 0 Å². The molecule has 2 amide bonds. The number of ether oxygens (including phenoxy) is 1. The fourth-order valence-electron chi connectivity index (χ4n) is 3.53. The van der Waals surface area contributed by atoms with Crippen molar-refractivity contribution in [2.75, 3.05) is 11.9 Å². The van der Waals surface area contributed by atoms with E-state index in [1.807, 2.05) is 13.0 Å². The SMILES string of the molecule is C=CCNC(=O)c1ccccc1NC(=O)C(CC)Oc1ccc2c(c1)CCCC2. The number of rotatable bonds is 8. The summed E-state index contributed by atoms with van der Waals surface area (Å²) in [6, 6.07) is 13.0. The minimum atomic E-state index is -0.638. The van der Waals surface area contributed by atoms with E-state index in [0.29, 0.717) is 30.0 Å². The zero-order valence-electron chi connectivity index (χ0n) is 16.9. The first-order valence-electron chi connectivity index (χ1n) is 10.2. The topological polar surface area (TPSA) is 67.4 Å². The monoisotopic (exact) mass is 392 g/mol. The molecule has 1 atom stereocenters. The molecule has 1 unspecified atom stereocenters. The van der Waals surface area contributed by atoms with E-state index in [9.17, 15) is 9.59 Å². The molecular formula is C24H28N2O3. The number of amides is 2. The van der Waals surface area contributed by atoms with Crippen LogP contribution in [0.4, 0.5) is 5.69 Å². The van der Waals surface area contributed by atoms with Crippen molar-refractivity contribution in [2.24, 2.45) is 0 Å². The summed E-state index contributed by atoms with van der Waals surface area (Å²) >= 11 is 0. The number of nitrogens with one attached hydrogen (secondary N) is 2. The first-order chi connectivity index (χ1) is 14.1. The van der Waals surface area contributed by atoms with E-state index in [4.69, 9.17) is 4.74 Å². The standard InChI is InChI=1S/C24H28N2O3/c1-3-15-25-23(27)20-11-7-8-12-21(20)26-24(28)22(4-2)29-19-14-13-17-9-5-6-10-18(17)16-19/h3,7-8,11-14,16,22H,1,4-6,9-10,15H2,2H3,(H,25,27)(H,26,28). The lowest BCUT2D eigenvalue weighted by Gasteiger charge is -2.21. The average molecular weight is 392 g/mol. The van der Waals surface area contributed by atoms with Crippen molar-refractivity contribution in [2.45, 2.75) is 45.1 Å². The van der Waals surface area contributed by atoms with Crippen LogP contribution in [-0.4, -0.2) is 24.5 Å². The fraction of sp³-hybridized carbons (Fsp3) is 0.333. The number of para-hydroxylation sites is 1. The highest BCUT2D eigenvalue weighted by Crippen LogP contribution is 2.26. The highest BCUT2D eigenvalue weighted by molar-refractivity contribution is 6.04. The molecular weight excluding hydrogens is 364 g/mol. The number of benzene rings is 2. The number of anilines is 1. The van der Waals surface area contributed by atoms with Gasteiger partial charge in [0.15, 0.2) is 6.10 Å². The third kappa shape index (κ3) is 5.25. The Morgan fingerprint density at radius 2 is 1.90 bits per heavy atom. The summed E-state index contributed by atoms with van der Waals surface area (Å²) in [6.45, 7) is 5.87.